The van der Waals surface area contributed by atoms with E-state index < -0.39 is 9.84 Å². The second-order valence-corrected chi connectivity index (χ2v) is 6.85. The molecular weight excluding hydrogens is 312 g/mol. The van der Waals surface area contributed by atoms with Crippen molar-refractivity contribution >= 4 is 27.3 Å². The topological polar surface area (TPSA) is 93.2 Å². The number of hydrogen-bond acceptors (Lipinski definition) is 4. The Kier molecular flexibility index (Phi) is 4.20. The van der Waals surface area contributed by atoms with Crippen molar-refractivity contribution < 1.29 is 13.2 Å². The first-order chi connectivity index (χ1) is 9.77. The van der Waals surface area contributed by atoms with Gasteiger partial charge in [0.25, 0.3) is 0 Å². The van der Waals surface area contributed by atoms with Gasteiger partial charge in [0, 0.05) is 11.3 Å². The van der Waals surface area contributed by atoms with Crippen molar-refractivity contribution in [1.29, 1.82) is 5.41 Å². The minimum Gasteiger partial charge on any atom is -0.457 e. The van der Waals surface area contributed by atoms with Gasteiger partial charge in [-0.1, -0.05) is 11.6 Å². The van der Waals surface area contributed by atoms with Crippen LogP contribution in [0.2, 0.25) is 5.02 Å². The number of nitrogens with one attached hydrogen (secondary N) is 1. The van der Waals surface area contributed by atoms with Crippen LogP contribution in [0.15, 0.2) is 47.4 Å². The summed E-state index contributed by atoms with van der Waals surface area (Å²) >= 11 is 5.86. The van der Waals surface area contributed by atoms with Gasteiger partial charge in [-0.3, -0.25) is 5.41 Å². The molecule has 2 rings (SSSR count). The summed E-state index contributed by atoms with van der Waals surface area (Å²) in [7, 11) is -3.25. The van der Waals surface area contributed by atoms with Crippen LogP contribution in [0.3, 0.4) is 0 Å². The lowest BCUT2D eigenvalue weighted by atomic mass is 10.2. The smallest absolute Gasteiger partial charge is 0.175 e. The Morgan fingerprint density at radius 2 is 1.81 bits per heavy atom. The minimum absolute atomic E-state index is 0.166. The van der Waals surface area contributed by atoms with Crippen LogP contribution in [0.1, 0.15) is 5.56 Å². The Morgan fingerprint density at radius 3 is 2.33 bits per heavy atom. The molecule has 0 aromatic heterocycles. The molecular formula is C14H13ClN2O3S. The molecule has 7 heteroatoms. The van der Waals surface area contributed by atoms with E-state index in [9.17, 15) is 8.42 Å². The maximum Gasteiger partial charge on any atom is 0.175 e. The minimum atomic E-state index is -3.25. The van der Waals surface area contributed by atoms with Gasteiger partial charge in [-0.25, -0.2) is 8.42 Å². The van der Waals surface area contributed by atoms with Gasteiger partial charge in [0.05, 0.1) is 10.5 Å². The lowest BCUT2D eigenvalue weighted by Gasteiger charge is -2.11. The first-order valence-corrected chi connectivity index (χ1v) is 8.16. The summed E-state index contributed by atoms with van der Waals surface area (Å²) < 4.78 is 28.4. The van der Waals surface area contributed by atoms with Crippen LogP contribution in [0.5, 0.6) is 11.5 Å². The standard InChI is InChI=1S/C14H13ClN2O3S/c1-21(18,19)11-5-3-10(4-6-11)20-13-7-2-9(15)8-12(13)14(16)17/h2-8H,1H3,(H3,16,17). The Morgan fingerprint density at radius 1 is 1.19 bits per heavy atom. The van der Waals surface area contributed by atoms with E-state index in [-0.39, 0.29) is 10.7 Å². The molecule has 5 nitrogen and oxygen atoms in total. The molecule has 110 valence electrons. The van der Waals surface area contributed by atoms with Crippen LogP contribution in [0.4, 0.5) is 0 Å². The zero-order chi connectivity index (χ0) is 15.6. The zero-order valence-electron chi connectivity index (χ0n) is 11.1. The molecule has 0 aliphatic carbocycles. The van der Waals surface area contributed by atoms with Crippen molar-refractivity contribution in [2.75, 3.05) is 6.26 Å². The summed E-state index contributed by atoms with van der Waals surface area (Å²) in [6.45, 7) is 0. The summed E-state index contributed by atoms with van der Waals surface area (Å²) in [6, 6.07) is 10.7. The molecule has 0 amide bonds. The van der Waals surface area contributed by atoms with E-state index in [1.807, 2.05) is 0 Å². The Balaban J connectivity index is 2.33. The van der Waals surface area contributed by atoms with Crippen LogP contribution >= 0.6 is 11.6 Å². The molecule has 0 bridgehead atoms. The highest BCUT2D eigenvalue weighted by Crippen LogP contribution is 2.28. The normalized spacial score (nSPS) is 11.1. The third kappa shape index (κ3) is 3.74. The second kappa shape index (κ2) is 5.75. The highest BCUT2D eigenvalue weighted by molar-refractivity contribution is 7.90. The maximum absolute atomic E-state index is 11.4. The maximum atomic E-state index is 11.4. The number of amidine groups is 1. The number of nitrogen functional groups attached to an aromatic ring is 1. The van der Waals surface area contributed by atoms with Crippen molar-refractivity contribution in [3.63, 3.8) is 0 Å². The predicted octanol–water partition coefficient (Wildman–Crippen LogP) is 2.82. The molecule has 0 fully saturated rings. The number of ether oxygens (including phenoxy) is 1. The van der Waals surface area contributed by atoms with Crippen LogP contribution < -0.4 is 10.5 Å². The van der Waals surface area contributed by atoms with E-state index in [2.05, 4.69) is 0 Å². The monoisotopic (exact) mass is 324 g/mol. The highest BCUT2D eigenvalue weighted by atomic mass is 35.5. The highest BCUT2D eigenvalue weighted by Gasteiger charge is 2.10. The van der Waals surface area contributed by atoms with Gasteiger partial charge in [0.2, 0.25) is 0 Å². The van der Waals surface area contributed by atoms with Gasteiger partial charge in [0.1, 0.15) is 17.3 Å². The summed E-state index contributed by atoms with van der Waals surface area (Å²) in [5.41, 5.74) is 5.85. The molecule has 0 saturated carbocycles. The van der Waals surface area contributed by atoms with Gasteiger partial charge in [0.15, 0.2) is 9.84 Å². The molecule has 0 atom stereocenters. The fourth-order valence-electron chi connectivity index (χ4n) is 1.68. The molecule has 0 radical (unpaired) electrons. The number of nitrogens with two attached hydrogens (primary N) is 1. The average Bonchev–Trinajstić information content (AvgIpc) is 2.40. The Labute approximate surface area is 127 Å². The van der Waals surface area contributed by atoms with Crippen molar-refractivity contribution in [2.24, 2.45) is 5.73 Å². The van der Waals surface area contributed by atoms with Gasteiger partial charge >= 0.3 is 0 Å². The summed E-state index contributed by atoms with van der Waals surface area (Å²) in [6.07, 6.45) is 1.13. The van der Waals surface area contributed by atoms with Crippen LogP contribution in [-0.4, -0.2) is 20.5 Å². The van der Waals surface area contributed by atoms with Gasteiger partial charge in [-0.05, 0) is 42.5 Å². The molecule has 0 heterocycles. The molecule has 0 aliphatic rings. The molecule has 2 aromatic rings. The number of benzene rings is 2. The van der Waals surface area contributed by atoms with E-state index in [0.717, 1.165) is 6.26 Å². The zero-order valence-corrected chi connectivity index (χ0v) is 12.7. The van der Waals surface area contributed by atoms with Crippen molar-refractivity contribution in [3.8, 4) is 11.5 Å². The predicted molar refractivity (Wildman–Crippen MR) is 82.1 cm³/mol. The number of sulfone groups is 1. The third-order valence-electron chi connectivity index (χ3n) is 2.71. The Bertz CT molecular complexity index is 786. The van der Waals surface area contributed by atoms with E-state index in [1.54, 1.807) is 12.1 Å². The molecule has 0 saturated heterocycles. The van der Waals surface area contributed by atoms with Crippen LogP contribution in [-0.2, 0) is 9.84 Å². The van der Waals surface area contributed by atoms with E-state index in [4.69, 9.17) is 27.5 Å². The van der Waals surface area contributed by atoms with Crippen molar-refractivity contribution in [1.82, 2.24) is 0 Å². The average molecular weight is 325 g/mol. The second-order valence-electron chi connectivity index (χ2n) is 4.40. The first kappa shape index (κ1) is 15.3. The third-order valence-corrected chi connectivity index (χ3v) is 4.08. The van der Waals surface area contributed by atoms with Gasteiger partial charge in [-0.2, -0.15) is 0 Å². The fourth-order valence-corrected chi connectivity index (χ4v) is 2.49. The van der Waals surface area contributed by atoms with E-state index in [0.29, 0.717) is 22.1 Å². The molecule has 21 heavy (non-hydrogen) atoms. The largest absolute Gasteiger partial charge is 0.457 e. The number of hydrogen-bond donors (Lipinski definition) is 2. The molecule has 0 spiro atoms. The lowest BCUT2D eigenvalue weighted by Crippen LogP contribution is -2.12. The number of rotatable bonds is 4. The first-order valence-electron chi connectivity index (χ1n) is 5.89. The van der Waals surface area contributed by atoms with Crippen LogP contribution in [0.25, 0.3) is 0 Å². The Hall–Kier alpha value is -2.05. The molecule has 0 unspecified atom stereocenters. The van der Waals surface area contributed by atoms with Gasteiger partial charge in [-0.15, -0.1) is 0 Å². The SMILES string of the molecule is CS(=O)(=O)c1ccc(Oc2ccc(Cl)cc2C(=N)N)cc1. The van der Waals surface area contributed by atoms with Crippen molar-refractivity contribution in [3.05, 3.63) is 53.1 Å². The van der Waals surface area contributed by atoms with Gasteiger partial charge < -0.3 is 10.5 Å². The lowest BCUT2D eigenvalue weighted by molar-refractivity contribution is 0.481. The summed E-state index contributed by atoms with van der Waals surface area (Å²) in [5, 5.41) is 7.96. The fraction of sp³-hybridized carbons (Fsp3) is 0.0714. The molecule has 2 aromatic carbocycles. The molecule has 0 aliphatic heterocycles. The summed E-state index contributed by atoms with van der Waals surface area (Å²) in [4.78, 5) is 0.206. The number of halogens is 1. The quantitative estimate of drug-likeness (QED) is 0.668. The van der Waals surface area contributed by atoms with Crippen molar-refractivity contribution in [2.45, 2.75) is 4.90 Å². The summed E-state index contributed by atoms with van der Waals surface area (Å²) in [5.74, 6) is 0.645. The van der Waals surface area contributed by atoms with Crippen LogP contribution in [0, 0.1) is 5.41 Å². The van der Waals surface area contributed by atoms with E-state index in [1.165, 1.54) is 30.3 Å². The van der Waals surface area contributed by atoms with E-state index >= 15 is 0 Å². The molecule has 3 N–H and O–H groups in total.